The van der Waals surface area contributed by atoms with E-state index < -0.39 is 0 Å². The summed E-state index contributed by atoms with van der Waals surface area (Å²) in [5.74, 6) is 0.509. The Morgan fingerprint density at radius 1 is 1.33 bits per heavy atom. The molecule has 2 saturated carbocycles. The fourth-order valence-corrected chi connectivity index (χ4v) is 4.11. The summed E-state index contributed by atoms with van der Waals surface area (Å²) in [7, 11) is 0. The summed E-state index contributed by atoms with van der Waals surface area (Å²) >= 11 is 0. The van der Waals surface area contributed by atoms with Crippen molar-refractivity contribution in [3.05, 3.63) is 12.4 Å². The van der Waals surface area contributed by atoms with Crippen molar-refractivity contribution >= 4 is 17.5 Å². The van der Waals surface area contributed by atoms with Crippen molar-refractivity contribution in [3.63, 3.8) is 0 Å². The minimum atomic E-state index is -0.274. The van der Waals surface area contributed by atoms with Crippen LogP contribution in [-0.4, -0.2) is 40.7 Å². The molecule has 1 saturated heterocycles. The average molecular weight is 331 g/mol. The van der Waals surface area contributed by atoms with Gasteiger partial charge in [-0.2, -0.15) is 5.10 Å². The molecule has 1 aromatic rings. The highest BCUT2D eigenvalue weighted by Gasteiger charge is 2.49. The smallest absolute Gasteiger partial charge is 0.241 e. The molecule has 2 aliphatic carbocycles. The summed E-state index contributed by atoms with van der Waals surface area (Å²) in [6.07, 6.45) is 9.92. The average Bonchev–Trinajstić information content (AvgIpc) is 3.10. The Balaban J connectivity index is 1.38. The quantitative estimate of drug-likeness (QED) is 0.747. The van der Waals surface area contributed by atoms with Crippen molar-refractivity contribution in [1.82, 2.24) is 20.4 Å². The Morgan fingerprint density at radius 2 is 2.21 bits per heavy atom. The van der Waals surface area contributed by atoms with Gasteiger partial charge in [0.15, 0.2) is 0 Å². The van der Waals surface area contributed by atoms with E-state index in [0.717, 1.165) is 45.2 Å². The summed E-state index contributed by atoms with van der Waals surface area (Å²) in [4.78, 5) is 24.7. The number of carbonyl (C=O) groups is 2. The molecular weight excluding hydrogens is 306 g/mol. The van der Waals surface area contributed by atoms with E-state index in [1.54, 1.807) is 17.1 Å². The molecule has 1 aromatic heterocycles. The highest BCUT2D eigenvalue weighted by Crippen LogP contribution is 2.44. The van der Waals surface area contributed by atoms with Gasteiger partial charge in [0.2, 0.25) is 11.8 Å². The Labute approximate surface area is 141 Å². The van der Waals surface area contributed by atoms with Crippen molar-refractivity contribution in [2.75, 3.05) is 18.4 Å². The molecule has 4 rings (SSSR count). The third-order valence-corrected chi connectivity index (χ3v) is 5.63. The van der Waals surface area contributed by atoms with Crippen molar-refractivity contribution in [1.29, 1.82) is 0 Å². The van der Waals surface area contributed by atoms with Gasteiger partial charge in [-0.05, 0) is 38.1 Å². The maximum Gasteiger partial charge on any atom is 0.241 e. The van der Waals surface area contributed by atoms with Crippen molar-refractivity contribution < 1.29 is 9.59 Å². The molecule has 2 amide bonds. The molecule has 0 radical (unpaired) electrons. The monoisotopic (exact) mass is 331 g/mol. The molecule has 7 heteroatoms. The molecule has 0 spiro atoms. The SMILES string of the molecule is O=C(Cn1cc(NC(=O)[C@@]23CCCC[C@H]2CNC3)cn1)NC1CC1. The lowest BCUT2D eigenvalue weighted by Crippen LogP contribution is -2.44. The highest BCUT2D eigenvalue weighted by atomic mass is 16.2. The van der Waals surface area contributed by atoms with E-state index in [4.69, 9.17) is 0 Å². The first-order chi connectivity index (χ1) is 11.7. The maximum absolute atomic E-state index is 12.9. The molecule has 3 aliphatic rings. The predicted octanol–water partition coefficient (Wildman–Crippen LogP) is 0.880. The molecular formula is C17H25N5O2. The van der Waals surface area contributed by atoms with E-state index in [1.807, 2.05) is 0 Å². The lowest BCUT2D eigenvalue weighted by molar-refractivity contribution is -0.128. The van der Waals surface area contributed by atoms with Gasteiger partial charge in [-0.25, -0.2) is 0 Å². The third-order valence-electron chi connectivity index (χ3n) is 5.63. The van der Waals surface area contributed by atoms with E-state index in [2.05, 4.69) is 21.0 Å². The van der Waals surface area contributed by atoms with Crippen LogP contribution in [0.5, 0.6) is 0 Å². The first-order valence-electron chi connectivity index (χ1n) is 9.00. The van der Waals surface area contributed by atoms with E-state index in [1.165, 1.54) is 6.42 Å². The summed E-state index contributed by atoms with van der Waals surface area (Å²) in [5.41, 5.74) is 0.397. The van der Waals surface area contributed by atoms with Gasteiger partial charge >= 0.3 is 0 Å². The van der Waals surface area contributed by atoms with Crippen LogP contribution in [0.4, 0.5) is 5.69 Å². The van der Waals surface area contributed by atoms with Gasteiger partial charge in [-0.3, -0.25) is 14.3 Å². The van der Waals surface area contributed by atoms with Crippen LogP contribution in [0, 0.1) is 11.3 Å². The standard InChI is InChI=1S/C17H25N5O2/c23-15(20-13-4-5-13)10-22-9-14(8-19-22)21-16(24)17-6-2-1-3-12(17)7-18-11-17/h8-9,12-13,18H,1-7,10-11H2,(H,20,23)(H,21,24)/t12-,17+/m0/s1. The number of nitrogens with zero attached hydrogens (tertiary/aromatic N) is 2. The molecule has 0 aromatic carbocycles. The lowest BCUT2D eigenvalue weighted by atomic mass is 9.67. The van der Waals surface area contributed by atoms with Crippen LogP contribution in [0.25, 0.3) is 0 Å². The van der Waals surface area contributed by atoms with Gasteiger partial charge in [0.1, 0.15) is 6.54 Å². The molecule has 0 bridgehead atoms. The van der Waals surface area contributed by atoms with Gasteiger partial charge < -0.3 is 16.0 Å². The first-order valence-corrected chi connectivity index (χ1v) is 9.00. The van der Waals surface area contributed by atoms with Crippen LogP contribution in [-0.2, 0) is 16.1 Å². The predicted molar refractivity (Wildman–Crippen MR) is 89.3 cm³/mol. The number of aromatic nitrogens is 2. The third kappa shape index (κ3) is 3.05. The summed E-state index contributed by atoms with van der Waals surface area (Å²) in [6, 6.07) is 0.351. The molecule has 3 N–H and O–H groups in total. The fourth-order valence-electron chi connectivity index (χ4n) is 4.11. The molecule has 2 atom stereocenters. The number of anilines is 1. The van der Waals surface area contributed by atoms with Gasteiger partial charge in [-0.15, -0.1) is 0 Å². The minimum Gasteiger partial charge on any atom is -0.352 e. The fraction of sp³-hybridized carbons (Fsp3) is 0.706. The van der Waals surface area contributed by atoms with Crippen LogP contribution in [0.1, 0.15) is 38.5 Å². The van der Waals surface area contributed by atoms with Gasteiger partial charge in [0, 0.05) is 18.8 Å². The maximum atomic E-state index is 12.9. The normalized spacial score (nSPS) is 29.1. The van der Waals surface area contributed by atoms with Gasteiger partial charge in [0.05, 0.1) is 17.3 Å². The summed E-state index contributed by atoms with van der Waals surface area (Å²) in [6.45, 7) is 1.90. The zero-order valence-electron chi connectivity index (χ0n) is 13.9. The second kappa shape index (κ2) is 6.20. The summed E-state index contributed by atoms with van der Waals surface area (Å²) < 4.78 is 1.58. The minimum absolute atomic E-state index is 0.0237. The largest absolute Gasteiger partial charge is 0.352 e. The van der Waals surface area contributed by atoms with Gasteiger partial charge in [-0.1, -0.05) is 12.8 Å². The molecule has 2 heterocycles. The lowest BCUT2D eigenvalue weighted by Gasteiger charge is -2.36. The second-order valence-electron chi connectivity index (χ2n) is 7.45. The van der Waals surface area contributed by atoms with E-state index in [0.29, 0.717) is 17.6 Å². The number of carbonyl (C=O) groups excluding carboxylic acids is 2. The first kappa shape index (κ1) is 15.6. The van der Waals surface area contributed by atoms with Crippen LogP contribution in [0.15, 0.2) is 12.4 Å². The number of hydrogen-bond acceptors (Lipinski definition) is 4. The Morgan fingerprint density at radius 3 is 3.04 bits per heavy atom. The Bertz CT molecular complexity index is 639. The van der Waals surface area contributed by atoms with E-state index in [-0.39, 0.29) is 23.8 Å². The number of amides is 2. The Kier molecular flexibility index (Phi) is 4.04. The topological polar surface area (TPSA) is 88.1 Å². The second-order valence-corrected chi connectivity index (χ2v) is 7.45. The highest BCUT2D eigenvalue weighted by molar-refractivity contribution is 5.96. The van der Waals surface area contributed by atoms with Crippen LogP contribution in [0.3, 0.4) is 0 Å². The van der Waals surface area contributed by atoms with E-state index >= 15 is 0 Å². The van der Waals surface area contributed by atoms with Crippen molar-refractivity contribution in [3.8, 4) is 0 Å². The molecule has 3 fully saturated rings. The Hall–Kier alpha value is -1.89. The van der Waals surface area contributed by atoms with Crippen molar-refractivity contribution in [2.24, 2.45) is 11.3 Å². The number of rotatable bonds is 5. The zero-order chi connectivity index (χ0) is 16.6. The number of nitrogens with one attached hydrogen (secondary N) is 3. The zero-order valence-corrected chi connectivity index (χ0v) is 13.9. The molecule has 24 heavy (non-hydrogen) atoms. The molecule has 1 aliphatic heterocycles. The van der Waals surface area contributed by atoms with Crippen LogP contribution >= 0.6 is 0 Å². The molecule has 0 unspecified atom stereocenters. The van der Waals surface area contributed by atoms with E-state index in [9.17, 15) is 9.59 Å². The number of hydrogen-bond donors (Lipinski definition) is 3. The molecule has 7 nitrogen and oxygen atoms in total. The summed E-state index contributed by atoms with van der Waals surface area (Å²) in [5, 5.41) is 13.5. The van der Waals surface area contributed by atoms with Crippen molar-refractivity contribution in [2.45, 2.75) is 51.1 Å². The van der Waals surface area contributed by atoms with Gasteiger partial charge in [0.25, 0.3) is 0 Å². The van der Waals surface area contributed by atoms with Crippen LogP contribution < -0.4 is 16.0 Å². The van der Waals surface area contributed by atoms with Crippen LogP contribution in [0.2, 0.25) is 0 Å². The molecule has 130 valence electrons. The number of fused-ring (bicyclic) bond motifs is 1.